The van der Waals surface area contributed by atoms with Gasteiger partial charge >= 0.3 is 0 Å². The van der Waals surface area contributed by atoms with Gasteiger partial charge in [-0.2, -0.15) is 0 Å². The van der Waals surface area contributed by atoms with E-state index < -0.39 is 5.41 Å². The first-order valence-electron chi connectivity index (χ1n) is 20.1. The number of nitrogens with zero attached hydrogens (tertiary/aromatic N) is 4. The van der Waals surface area contributed by atoms with E-state index in [9.17, 15) is 0 Å². The zero-order chi connectivity index (χ0) is 37.2. The van der Waals surface area contributed by atoms with Crippen molar-refractivity contribution in [2.75, 3.05) is 16.3 Å². The molecule has 4 atom stereocenters. The van der Waals surface area contributed by atoms with E-state index in [4.69, 9.17) is 9.98 Å². The molecule has 5 heterocycles. The van der Waals surface area contributed by atoms with Gasteiger partial charge in [0, 0.05) is 53.1 Å². The van der Waals surface area contributed by atoms with Gasteiger partial charge < -0.3 is 15.1 Å². The second kappa shape index (κ2) is 11.5. The van der Waals surface area contributed by atoms with Gasteiger partial charge in [0.05, 0.1) is 23.2 Å². The Bertz CT molecular complexity index is 2840. The number of hydrogen-bond acceptors (Lipinski definition) is 5. The fraction of sp³-hybridized carbons (Fsp3) is 0.115. The minimum Gasteiger partial charge on any atom is -0.368 e. The minimum atomic E-state index is -0.463. The fourth-order valence-corrected chi connectivity index (χ4v) is 11.3. The van der Waals surface area contributed by atoms with Crippen LogP contribution in [0.1, 0.15) is 33.9 Å². The molecule has 0 radical (unpaired) electrons. The number of fused-ring (bicyclic) bond motifs is 15. The molecule has 4 unspecified atom stereocenters. The lowest BCUT2D eigenvalue weighted by Crippen LogP contribution is -2.38. The Balaban J connectivity index is 0.907. The Morgan fingerprint density at radius 2 is 1.33 bits per heavy atom. The van der Waals surface area contributed by atoms with Crippen LogP contribution in [0.25, 0.3) is 27.8 Å². The molecule has 0 bridgehead atoms. The zero-order valence-corrected chi connectivity index (χ0v) is 31.1. The van der Waals surface area contributed by atoms with Crippen molar-refractivity contribution in [2.45, 2.75) is 29.5 Å². The van der Waals surface area contributed by atoms with E-state index in [2.05, 4.69) is 185 Å². The van der Waals surface area contributed by atoms with Gasteiger partial charge in [0.15, 0.2) is 0 Å². The van der Waals surface area contributed by atoms with E-state index in [1.165, 1.54) is 84.1 Å². The smallest absolute Gasteiger partial charge is 0.112 e. The van der Waals surface area contributed by atoms with Crippen LogP contribution in [0.15, 0.2) is 198 Å². The Hall–Kier alpha value is -6.98. The summed E-state index contributed by atoms with van der Waals surface area (Å²) in [5.74, 6) is 1.38. The molecule has 6 aromatic rings. The summed E-state index contributed by atoms with van der Waals surface area (Å²) >= 11 is 0. The molecular weight excluding hydrogens is 695 g/mol. The standard InChI is InChI=1S/C52H37N5/c1-4-15-42-36(10-1)37-11-2-5-16-43(37)52(42)44-28-27-39-38-12-3-6-17-45(38)56(49(39)47(44)40-13-7-30-54-50(40)52)34-23-19-32(20-24-34)33-21-25-35(26-22-33)57-46-18-9-29-53-48(46)41-14-8-31-55-51(41)57/h1-30,39,46,48-49,55H,31H2. The maximum absolute atomic E-state index is 5.28. The summed E-state index contributed by atoms with van der Waals surface area (Å²) in [7, 11) is 0. The van der Waals surface area contributed by atoms with Gasteiger partial charge in [0.25, 0.3) is 0 Å². The predicted molar refractivity (Wildman–Crippen MR) is 231 cm³/mol. The summed E-state index contributed by atoms with van der Waals surface area (Å²) in [5.41, 5.74) is 18.6. The quantitative estimate of drug-likeness (QED) is 0.197. The molecule has 5 heteroatoms. The first-order chi connectivity index (χ1) is 28.3. The molecule has 57 heavy (non-hydrogen) atoms. The van der Waals surface area contributed by atoms with E-state index in [1.807, 2.05) is 12.4 Å². The zero-order valence-electron chi connectivity index (χ0n) is 31.1. The molecule has 7 aliphatic rings. The number of pyridine rings is 1. The average Bonchev–Trinajstić information content (AvgIpc) is 3.99. The van der Waals surface area contributed by atoms with E-state index in [0.29, 0.717) is 0 Å². The van der Waals surface area contributed by atoms with Crippen LogP contribution in [0, 0.1) is 0 Å². The highest BCUT2D eigenvalue weighted by molar-refractivity contribution is 5.99. The number of aromatic nitrogens is 1. The molecular formula is C52H37N5. The van der Waals surface area contributed by atoms with E-state index in [0.717, 1.165) is 12.2 Å². The van der Waals surface area contributed by atoms with Crippen LogP contribution in [0.5, 0.6) is 0 Å². The lowest BCUT2D eigenvalue weighted by atomic mass is 9.69. The fourth-order valence-electron chi connectivity index (χ4n) is 11.3. The molecule has 0 saturated heterocycles. The maximum atomic E-state index is 5.28. The van der Waals surface area contributed by atoms with Crippen LogP contribution in [0.3, 0.4) is 0 Å². The second-order valence-corrected chi connectivity index (χ2v) is 16.0. The topological polar surface area (TPSA) is 43.8 Å². The number of para-hydroxylation sites is 1. The number of dihydropyridines is 2. The lowest BCUT2D eigenvalue weighted by Gasteiger charge is -2.36. The number of hydrogen-bond donors (Lipinski definition) is 1. The normalized spacial score (nSPS) is 23.2. The Morgan fingerprint density at radius 3 is 2.11 bits per heavy atom. The highest BCUT2D eigenvalue weighted by Crippen LogP contribution is 2.65. The van der Waals surface area contributed by atoms with Crippen LogP contribution in [-0.2, 0) is 5.41 Å². The van der Waals surface area contributed by atoms with Crippen molar-refractivity contribution >= 4 is 28.8 Å². The van der Waals surface area contributed by atoms with Gasteiger partial charge in [-0.05, 0) is 92.6 Å². The van der Waals surface area contributed by atoms with Gasteiger partial charge in [0.1, 0.15) is 11.9 Å². The monoisotopic (exact) mass is 731 g/mol. The number of benzene rings is 5. The summed E-state index contributed by atoms with van der Waals surface area (Å²) in [5, 5.41) is 3.63. The van der Waals surface area contributed by atoms with Crippen molar-refractivity contribution in [2.24, 2.45) is 4.99 Å². The maximum Gasteiger partial charge on any atom is 0.112 e. The second-order valence-electron chi connectivity index (χ2n) is 16.0. The molecule has 0 saturated carbocycles. The molecule has 5 nitrogen and oxygen atoms in total. The van der Waals surface area contributed by atoms with Crippen LogP contribution < -0.4 is 15.1 Å². The first-order valence-corrected chi connectivity index (χ1v) is 20.1. The minimum absolute atomic E-state index is 0.0830. The third kappa shape index (κ3) is 4.03. The van der Waals surface area contributed by atoms with Crippen LogP contribution >= 0.6 is 0 Å². The number of anilines is 3. The van der Waals surface area contributed by atoms with Crippen molar-refractivity contribution in [3.63, 3.8) is 0 Å². The van der Waals surface area contributed by atoms with Crippen molar-refractivity contribution in [3.05, 3.63) is 221 Å². The number of allylic oxidation sites excluding steroid dienone is 3. The predicted octanol–water partition coefficient (Wildman–Crippen LogP) is 10.3. The molecule has 1 spiro atoms. The van der Waals surface area contributed by atoms with E-state index in [-0.39, 0.29) is 24.0 Å². The SMILES string of the molecule is C1=CC2C(N=C1)C1=C(NCC=C1)N2c1ccc(-c2ccc(N3c4ccccc4C4C=CC5=C(c6cccnc6C56c5ccccc5-c5ccccc56)C43)cc2)cc1. The Labute approximate surface area is 332 Å². The molecule has 4 aliphatic heterocycles. The van der Waals surface area contributed by atoms with Crippen molar-refractivity contribution < 1.29 is 0 Å². The van der Waals surface area contributed by atoms with Gasteiger partial charge in [-0.15, -0.1) is 0 Å². The molecule has 1 aromatic heterocycles. The van der Waals surface area contributed by atoms with E-state index >= 15 is 0 Å². The Kier molecular flexibility index (Phi) is 6.32. The number of nitrogens with one attached hydrogen (secondary N) is 1. The first kappa shape index (κ1) is 31.2. The molecule has 270 valence electrons. The van der Waals surface area contributed by atoms with Crippen molar-refractivity contribution in [1.82, 2.24) is 10.3 Å². The summed E-state index contributed by atoms with van der Waals surface area (Å²) in [6, 6.07) is 50.0. The van der Waals surface area contributed by atoms with Crippen molar-refractivity contribution in [1.29, 1.82) is 0 Å². The Morgan fingerprint density at radius 1 is 0.649 bits per heavy atom. The lowest BCUT2D eigenvalue weighted by molar-refractivity contribution is 0.694. The third-order valence-corrected chi connectivity index (χ3v) is 13.4. The van der Waals surface area contributed by atoms with Crippen LogP contribution in [0.4, 0.5) is 17.1 Å². The average molecular weight is 732 g/mol. The number of aliphatic imine (C=N–C) groups is 1. The summed E-state index contributed by atoms with van der Waals surface area (Å²) in [6.45, 7) is 0.830. The molecule has 13 rings (SSSR count). The van der Waals surface area contributed by atoms with Gasteiger partial charge in [-0.1, -0.05) is 127 Å². The van der Waals surface area contributed by atoms with Gasteiger partial charge in [-0.3, -0.25) is 9.98 Å². The van der Waals surface area contributed by atoms with Crippen molar-refractivity contribution in [3.8, 4) is 22.3 Å². The third-order valence-electron chi connectivity index (χ3n) is 13.4. The molecule has 0 amide bonds. The summed E-state index contributed by atoms with van der Waals surface area (Å²) in [6.07, 6.45) is 17.6. The van der Waals surface area contributed by atoms with Crippen LogP contribution in [-0.4, -0.2) is 35.9 Å². The summed E-state index contributed by atoms with van der Waals surface area (Å²) in [4.78, 5) is 15.1. The molecule has 3 aliphatic carbocycles. The molecule has 5 aromatic carbocycles. The van der Waals surface area contributed by atoms with E-state index in [1.54, 1.807) is 0 Å². The van der Waals surface area contributed by atoms with Gasteiger partial charge in [-0.25, -0.2) is 0 Å². The summed E-state index contributed by atoms with van der Waals surface area (Å²) < 4.78 is 0. The number of rotatable bonds is 3. The van der Waals surface area contributed by atoms with Crippen LogP contribution in [0.2, 0.25) is 0 Å². The highest BCUT2D eigenvalue weighted by atomic mass is 15.3. The highest BCUT2D eigenvalue weighted by Gasteiger charge is 2.57. The molecule has 1 N–H and O–H groups in total. The van der Waals surface area contributed by atoms with Gasteiger partial charge in [0.2, 0.25) is 0 Å². The largest absolute Gasteiger partial charge is 0.368 e. The molecule has 0 fully saturated rings.